The van der Waals surface area contributed by atoms with Crippen LogP contribution < -0.4 is 0 Å². The van der Waals surface area contributed by atoms with Crippen LogP contribution in [0.2, 0.25) is 0 Å². The van der Waals surface area contributed by atoms with Gasteiger partial charge in [0.2, 0.25) is 0 Å². The fraction of sp³-hybridized carbons (Fsp3) is 0.100. The summed E-state index contributed by atoms with van der Waals surface area (Å²) in [7, 11) is 0. The summed E-state index contributed by atoms with van der Waals surface area (Å²) in [6, 6.07) is 2.45. The highest BCUT2D eigenvalue weighted by Crippen LogP contribution is 2.29. The number of aromatic nitrogens is 3. The lowest BCUT2D eigenvalue weighted by Crippen LogP contribution is -2.07. The molecule has 0 radical (unpaired) electrons. The maximum Gasteiger partial charge on any atom is 0.433 e. The minimum absolute atomic E-state index is 0.392. The van der Waals surface area contributed by atoms with Gasteiger partial charge in [0.15, 0.2) is 0 Å². The van der Waals surface area contributed by atoms with Gasteiger partial charge in [0, 0.05) is 24.2 Å². The molecule has 0 saturated carbocycles. The van der Waals surface area contributed by atoms with Crippen molar-refractivity contribution in [1.82, 2.24) is 15.0 Å². The van der Waals surface area contributed by atoms with Gasteiger partial charge in [-0.05, 0) is 17.7 Å². The fourth-order valence-corrected chi connectivity index (χ4v) is 1.21. The molecule has 0 amide bonds. The van der Waals surface area contributed by atoms with Crippen LogP contribution in [0.1, 0.15) is 5.69 Å². The van der Waals surface area contributed by atoms with Crippen molar-refractivity contribution in [3.8, 4) is 11.1 Å². The summed E-state index contributed by atoms with van der Waals surface area (Å²) in [4.78, 5) is 10.8. The summed E-state index contributed by atoms with van der Waals surface area (Å²) in [6.45, 7) is 0. The van der Waals surface area contributed by atoms with Crippen LogP contribution in [-0.2, 0) is 6.18 Å². The lowest BCUT2D eigenvalue weighted by atomic mass is 10.1. The SMILES string of the molecule is FC(F)(F)c1cc(-c2cncnc2)ccn1. The topological polar surface area (TPSA) is 38.7 Å². The van der Waals surface area contributed by atoms with E-state index >= 15 is 0 Å². The van der Waals surface area contributed by atoms with Crippen molar-refractivity contribution < 1.29 is 13.2 Å². The van der Waals surface area contributed by atoms with Gasteiger partial charge in [-0.2, -0.15) is 13.2 Å². The fourth-order valence-electron chi connectivity index (χ4n) is 1.21. The number of pyridine rings is 1. The van der Waals surface area contributed by atoms with E-state index in [1.54, 1.807) is 0 Å². The van der Waals surface area contributed by atoms with E-state index in [1.807, 2.05) is 0 Å². The summed E-state index contributed by atoms with van der Waals surface area (Å²) in [5.41, 5.74) is -0.00724. The van der Waals surface area contributed by atoms with Gasteiger partial charge in [0.05, 0.1) is 0 Å². The van der Waals surface area contributed by atoms with Crippen LogP contribution in [0.25, 0.3) is 11.1 Å². The van der Waals surface area contributed by atoms with E-state index < -0.39 is 11.9 Å². The van der Waals surface area contributed by atoms with Gasteiger partial charge in [-0.1, -0.05) is 0 Å². The molecule has 6 heteroatoms. The first-order chi connectivity index (χ1) is 7.57. The normalized spacial score (nSPS) is 11.4. The van der Waals surface area contributed by atoms with Gasteiger partial charge in [-0.15, -0.1) is 0 Å². The van der Waals surface area contributed by atoms with Crippen LogP contribution in [0.3, 0.4) is 0 Å². The second-order valence-corrected chi connectivity index (χ2v) is 3.05. The predicted octanol–water partition coefficient (Wildman–Crippen LogP) is 2.56. The monoisotopic (exact) mass is 225 g/mol. The maximum absolute atomic E-state index is 12.4. The molecular formula is C10H6F3N3. The summed E-state index contributed by atoms with van der Waals surface area (Å²) in [6.07, 6.45) is 0.886. The smallest absolute Gasteiger partial charge is 0.252 e. The molecule has 3 nitrogen and oxygen atoms in total. The Morgan fingerprint density at radius 3 is 2.31 bits per heavy atom. The first-order valence-electron chi connectivity index (χ1n) is 4.36. The average molecular weight is 225 g/mol. The van der Waals surface area contributed by atoms with Gasteiger partial charge in [0.25, 0.3) is 0 Å². The average Bonchev–Trinajstić information content (AvgIpc) is 2.29. The third-order valence-electron chi connectivity index (χ3n) is 1.94. The standard InChI is InChI=1S/C10H6F3N3/c11-10(12,13)9-3-7(1-2-16-9)8-4-14-6-15-5-8/h1-6H. The second-order valence-electron chi connectivity index (χ2n) is 3.05. The third-order valence-corrected chi connectivity index (χ3v) is 1.94. The Morgan fingerprint density at radius 1 is 1.00 bits per heavy atom. The Morgan fingerprint density at radius 2 is 1.69 bits per heavy atom. The summed E-state index contributed by atoms with van der Waals surface area (Å²) in [5, 5.41) is 0. The van der Waals surface area contributed by atoms with E-state index in [2.05, 4.69) is 15.0 Å². The van der Waals surface area contributed by atoms with Crippen molar-refractivity contribution in [3.63, 3.8) is 0 Å². The molecule has 0 unspecified atom stereocenters. The molecule has 0 aliphatic carbocycles. The summed E-state index contributed by atoms with van der Waals surface area (Å²) in [5.74, 6) is 0. The van der Waals surface area contributed by atoms with Crippen molar-refractivity contribution in [2.45, 2.75) is 6.18 Å². The van der Waals surface area contributed by atoms with E-state index in [-0.39, 0.29) is 0 Å². The maximum atomic E-state index is 12.4. The largest absolute Gasteiger partial charge is 0.433 e. The molecule has 2 aromatic heterocycles. The molecule has 0 spiro atoms. The van der Waals surface area contributed by atoms with E-state index in [1.165, 1.54) is 24.8 Å². The molecule has 0 aliphatic heterocycles. The van der Waals surface area contributed by atoms with Gasteiger partial charge < -0.3 is 0 Å². The Balaban J connectivity index is 2.45. The molecule has 2 rings (SSSR count). The molecule has 0 atom stereocenters. The number of hydrogen-bond donors (Lipinski definition) is 0. The molecule has 2 heterocycles. The Labute approximate surface area is 89.0 Å². The Hall–Kier alpha value is -1.98. The first kappa shape index (κ1) is 10.5. The van der Waals surface area contributed by atoms with Gasteiger partial charge in [-0.25, -0.2) is 9.97 Å². The third kappa shape index (κ3) is 2.16. The van der Waals surface area contributed by atoms with Gasteiger partial charge in [-0.3, -0.25) is 4.98 Å². The first-order valence-corrected chi connectivity index (χ1v) is 4.36. The minimum Gasteiger partial charge on any atom is -0.252 e. The molecule has 0 N–H and O–H groups in total. The van der Waals surface area contributed by atoms with Crippen LogP contribution in [-0.4, -0.2) is 15.0 Å². The van der Waals surface area contributed by atoms with E-state index in [0.29, 0.717) is 11.1 Å². The summed E-state index contributed by atoms with van der Waals surface area (Å²) < 4.78 is 37.2. The molecular weight excluding hydrogens is 219 g/mol. The molecule has 16 heavy (non-hydrogen) atoms. The highest BCUT2D eigenvalue weighted by molar-refractivity contribution is 5.61. The molecule has 0 bridgehead atoms. The van der Waals surface area contributed by atoms with Crippen LogP contribution >= 0.6 is 0 Å². The van der Waals surface area contributed by atoms with Gasteiger partial charge in [0.1, 0.15) is 12.0 Å². The highest BCUT2D eigenvalue weighted by Gasteiger charge is 2.32. The van der Waals surface area contributed by atoms with Crippen LogP contribution in [0.5, 0.6) is 0 Å². The van der Waals surface area contributed by atoms with Crippen molar-refractivity contribution in [2.24, 2.45) is 0 Å². The highest BCUT2D eigenvalue weighted by atomic mass is 19.4. The number of halogens is 3. The van der Waals surface area contributed by atoms with Crippen molar-refractivity contribution in [3.05, 3.63) is 42.7 Å². The van der Waals surface area contributed by atoms with Crippen molar-refractivity contribution in [2.75, 3.05) is 0 Å². The van der Waals surface area contributed by atoms with Crippen LogP contribution in [0.4, 0.5) is 13.2 Å². The number of hydrogen-bond acceptors (Lipinski definition) is 3. The lowest BCUT2D eigenvalue weighted by molar-refractivity contribution is -0.141. The molecule has 2 aromatic rings. The lowest BCUT2D eigenvalue weighted by Gasteiger charge is -2.06. The van der Waals surface area contributed by atoms with Crippen molar-refractivity contribution >= 4 is 0 Å². The zero-order chi connectivity index (χ0) is 11.6. The minimum atomic E-state index is -4.44. The zero-order valence-corrected chi connectivity index (χ0v) is 7.94. The zero-order valence-electron chi connectivity index (χ0n) is 7.94. The Kier molecular flexibility index (Phi) is 2.55. The number of nitrogens with zero attached hydrogens (tertiary/aromatic N) is 3. The number of rotatable bonds is 1. The van der Waals surface area contributed by atoms with E-state index in [0.717, 1.165) is 12.3 Å². The van der Waals surface area contributed by atoms with E-state index in [9.17, 15) is 13.2 Å². The Bertz CT molecular complexity index is 482. The number of alkyl halides is 3. The van der Waals surface area contributed by atoms with E-state index in [4.69, 9.17) is 0 Å². The summed E-state index contributed by atoms with van der Waals surface area (Å²) >= 11 is 0. The van der Waals surface area contributed by atoms with Crippen LogP contribution in [0, 0.1) is 0 Å². The van der Waals surface area contributed by atoms with Crippen LogP contribution in [0.15, 0.2) is 37.1 Å². The molecule has 0 fully saturated rings. The van der Waals surface area contributed by atoms with Gasteiger partial charge >= 0.3 is 6.18 Å². The molecule has 82 valence electrons. The second kappa shape index (κ2) is 3.88. The molecule has 0 aliphatic rings. The predicted molar refractivity (Wildman–Crippen MR) is 50.3 cm³/mol. The quantitative estimate of drug-likeness (QED) is 0.748. The van der Waals surface area contributed by atoms with Crippen molar-refractivity contribution in [1.29, 1.82) is 0 Å². The molecule has 0 saturated heterocycles. The molecule has 0 aromatic carbocycles.